The largest absolute Gasteiger partial charge is 0.478 e. The van der Waals surface area contributed by atoms with E-state index >= 15 is 0 Å². The molecule has 0 saturated carbocycles. The third-order valence-electron chi connectivity index (χ3n) is 3.70. The second-order valence-corrected chi connectivity index (χ2v) is 8.39. The summed E-state index contributed by atoms with van der Waals surface area (Å²) in [6, 6.07) is 10.5. The summed E-state index contributed by atoms with van der Waals surface area (Å²) in [4.78, 5) is 11.9. The van der Waals surface area contributed by atoms with Crippen molar-refractivity contribution in [3.63, 3.8) is 0 Å². The highest BCUT2D eigenvalue weighted by molar-refractivity contribution is 7.90. The number of sulfone groups is 1. The molecule has 0 aliphatic rings. The number of halogens is 2. The summed E-state index contributed by atoms with van der Waals surface area (Å²) in [5.74, 6) is -1.19. The first-order valence-electron chi connectivity index (χ1n) is 7.48. The van der Waals surface area contributed by atoms with Crippen LogP contribution in [0.3, 0.4) is 0 Å². The molecule has 8 heteroatoms. The van der Waals surface area contributed by atoms with E-state index in [9.17, 15) is 23.4 Å². The molecular formula is C18H16Cl2O5S. The Kier molecular flexibility index (Phi) is 6.47. The van der Waals surface area contributed by atoms with Crippen LogP contribution in [0.5, 0.6) is 0 Å². The molecule has 0 unspecified atom stereocenters. The fourth-order valence-corrected chi connectivity index (χ4v) is 3.41. The third kappa shape index (κ3) is 4.65. The standard InChI is InChI=1S/C18H16Cl2O5S/c1-26(24,25)13-5-2-11(3-6-13)17(14(8-9-21)18(22)23)12-4-7-15(19)16(20)10-12/h2-7,10,21H,8-9H2,1H3,(H,22,23). The molecule has 2 rings (SSSR count). The number of hydrogen-bond acceptors (Lipinski definition) is 4. The number of hydrogen-bond donors (Lipinski definition) is 2. The predicted octanol–water partition coefficient (Wildman–Crippen LogP) is 3.67. The summed E-state index contributed by atoms with van der Waals surface area (Å²) < 4.78 is 23.3. The van der Waals surface area contributed by atoms with Gasteiger partial charge in [0.2, 0.25) is 0 Å². The SMILES string of the molecule is CS(=O)(=O)c1ccc(C(=C(CCO)C(=O)O)c2ccc(Cl)c(Cl)c2)cc1. The van der Waals surface area contributed by atoms with Gasteiger partial charge in [0, 0.05) is 24.9 Å². The third-order valence-corrected chi connectivity index (χ3v) is 5.57. The van der Waals surface area contributed by atoms with Crippen molar-refractivity contribution in [2.24, 2.45) is 0 Å². The summed E-state index contributed by atoms with van der Waals surface area (Å²) in [5, 5.41) is 19.4. The Morgan fingerprint density at radius 2 is 1.58 bits per heavy atom. The summed E-state index contributed by atoms with van der Waals surface area (Å²) in [7, 11) is -3.38. The molecule has 138 valence electrons. The van der Waals surface area contributed by atoms with E-state index in [1.165, 1.54) is 30.3 Å². The fraction of sp³-hybridized carbons (Fsp3) is 0.167. The van der Waals surface area contributed by atoms with Crippen molar-refractivity contribution in [3.05, 3.63) is 69.2 Å². The Hall–Kier alpha value is -1.86. The molecule has 0 fully saturated rings. The first kappa shape index (κ1) is 20.5. The second kappa shape index (κ2) is 8.22. The number of benzene rings is 2. The van der Waals surface area contributed by atoms with Crippen molar-refractivity contribution in [3.8, 4) is 0 Å². The minimum absolute atomic E-state index is 0.0157. The summed E-state index contributed by atoms with van der Waals surface area (Å²) >= 11 is 12.0. The van der Waals surface area contributed by atoms with Crippen LogP contribution in [0, 0.1) is 0 Å². The highest BCUT2D eigenvalue weighted by Gasteiger charge is 2.19. The maximum absolute atomic E-state index is 11.7. The van der Waals surface area contributed by atoms with Crippen molar-refractivity contribution in [2.75, 3.05) is 12.9 Å². The number of carbonyl (C=O) groups is 1. The van der Waals surface area contributed by atoms with Crippen LogP contribution in [0.4, 0.5) is 0 Å². The highest BCUT2D eigenvalue weighted by atomic mass is 35.5. The molecule has 0 aliphatic carbocycles. The van der Waals surface area contributed by atoms with Crippen LogP contribution in [-0.4, -0.2) is 37.5 Å². The minimum atomic E-state index is -3.38. The Labute approximate surface area is 161 Å². The van der Waals surface area contributed by atoms with Gasteiger partial charge in [-0.1, -0.05) is 41.4 Å². The smallest absolute Gasteiger partial charge is 0.332 e. The normalized spacial score (nSPS) is 12.6. The van der Waals surface area contributed by atoms with Crippen LogP contribution in [-0.2, 0) is 14.6 Å². The van der Waals surface area contributed by atoms with E-state index in [4.69, 9.17) is 23.2 Å². The van der Waals surface area contributed by atoms with Gasteiger partial charge in [0.1, 0.15) is 0 Å². The average molecular weight is 415 g/mol. The number of carboxylic acid groups (broad SMARTS) is 1. The lowest BCUT2D eigenvalue weighted by atomic mass is 9.91. The van der Waals surface area contributed by atoms with Gasteiger partial charge < -0.3 is 10.2 Å². The van der Waals surface area contributed by atoms with Crippen molar-refractivity contribution < 1.29 is 23.4 Å². The lowest BCUT2D eigenvalue weighted by molar-refractivity contribution is -0.132. The predicted molar refractivity (Wildman–Crippen MR) is 101 cm³/mol. The van der Waals surface area contributed by atoms with Gasteiger partial charge in [0.25, 0.3) is 0 Å². The molecule has 0 amide bonds. The van der Waals surface area contributed by atoms with Crippen molar-refractivity contribution in [1.82, 2.24) is 0 Å². The molecule has 2 aromatic carbocycles. The topological polar surface area (TPSA) is 91.7 Å². The maximum atomic E-state index is 11.7. The van der Waals surface area contributed by atoms with E-state index in [1.54, 1.807) is 12.1 Å². The lowest BCUT2D eigenvalue weighted by Gasteiger charge is -2.14. The minimum Gasteiger partial charge on any atom is -0.478 e. The van der Waals surface area contributed by atoms with Crippen LogP contribution in [0.25, 0.3) is 5.57 Å². The molecule has 5 nitrogen and oxygen atoms in total. The molecule has 0 aromatic heterocycles. The second-order valence-electron chi connectivity index (χ2n) is 5.56. The first-order valence-corrected chi connectivity index (χ1v) is 10.1. The number of aliphatic hydroxyl groups excluding tert-OH is 1. The Morgan fingerprint density at radius 3 is 2.04 bits per heavy atom. The first-order chi connectivity index (χ1) is 12.1. The van der Waals surface area contributed by atoms with E-state index in [1.807, 2.05) is 0 Å². The number of carboxylic acids is 1. The van der Waals surface area contributed by atoms with E-state index in [-0.39, 0.29) is 28.5 Å². The molecule has 0 bridgehead atoms. The van der Waals surface area contributed by atoms with Crippen LogP contribution >= 0.6 is 23.2 Å². The van der Waals surface area contributed by atoms with Crippen molar-refractivity contribution >= 4 is 44.6 Å². The quantitative estimate of drug-likeness (QED) is 0.703. The van der Waals surface area contributed by atoms with Gasteiger partial charge in [0.15, 0.2) is 9.84 Å². The molecule has 2 aromatic rings. The molecule has 0 atom stereocenters. The summed E-state index contributed by atoms with van der Waals surface area (Å²) in [6.07, 6.45) is 1.00. The average Bonchev–Trinajstić information content (AvgIpc) is 2.57. The van der Waals surface area contributed by atoms with Crippen LogP contribution in [0.1, 0.15) is 17.5 Å². The zero-order valence-corrected chi connectivity index (χ0v) is 16.1. The maximum Gasteiger partial charge on any atom is 0.332 e. The van der Waals surface area contributed by atoms with Crippen LogP contribution in [0.15, 0.2) is 52.9 Å². The van der Waals surface area contributed by atoms with E-state index < -0.39 is 15.8 Å². The molecule has 0 saturated heterocycles. The molecular weight excluding hydrogens is 399 g/mol. The monoisotopic (exact) mass is 414 g/mol. The van der Waals surface area contributed by atoms with Crippen LogP contribution in [0.2, 0.25) is 10.0 Å². The number of rotatable bonds is 6. The van der Waals surface area contributed by atoms with Crippen molar-refractivity contribution in [2.45, 2.75) is 11.3 Å². The number of aliphatic hydroxyl groups is 1. The number of aliphatic carboxylic acids is 1. The Morgan fingerprint density at radius 1 is 1.00 bits per heavy atom. The molecule has 2 N–H and O–H groups in total. The Balaban J connectivity index is 2.73. The van der Waals surface area contributed by atoms with Gasteiger partial charge in [-0.05, 0) is 41.0 Å². The van der Waals surface area contributed by atoms with Gasteiger partial charge in [-0.15, -0.1) is 0 Å². The summed E-state index contributed by atoms with van der Waals surface area (Å²) in [5.41, 5.74) is 1.31. The fourth-order valence-electron chi connectivity index (χ4n) is 2.49. The molecule has 0 radical (unpaired) electrons. The Bertz CT molecular complexity index is 964. The molecule has 26 heavy (non-hydrogen) atoms. The van der Waals surface area contributed by atoms with Gasteiger partial charge in [-0.25, -0.2) is 13.2 Å². The van der Waals surface area contributed by atoms with Crippen molar-refractivity contribution in [1.29, 1.82) is 0 Å². The van der Waals surface area contributed by atoms with E-state index in [0.717, 1.165) is 6.26 Å². The zero-order valence-electron chi connectivity index (χ0n) is 13.7. The van der Waals surface area contributed by atoms with Gasteiger partial charge in [-0.2, -0.15) is 0 Å². The zero-order chi connectivity index (χ0) is 19.5. The molecule has 0 heterocycles. The van der Waals surface area contributed by atoms with Gasteiger partial charge in [0.05, 0.1) is 14.9 Å². The summed E-state index contributed by atoms with van der Waals surface area (Å²) in [6.45, 7) is -0.353. The van der Waals surface area contributed by atoms with Gasteiger partial charge in [-0.3, -0.25) is 0 Å². The molecule has 0 spiro atoms. The van der Waals surface area contributed by atoms with Crippen LogP contribution < -0.4 is 0 Å². The van der Waals surface area contributed by atoms with Gasteiger partial charge >= 0.3 is 5.97 Å². The molecule has 0 aliphatic heterocycles. The lowest BCUT2D eigenvalue weighted by Crippen LogP contribution is -2.08. The highest BCUT2D eigenvalue weighted by Crippen LogP contribution is 2.33. The van der Waals surface area contributed by atoms with E-state index in [0.29, 0.717) is 21.7 Å². The van der Waals surface area contributed by atoms with E-state index in [2.05, 4.69) is 0 Å².